The Morgan fingerprint density at radius 1 is 1.23 bits per heavy atom. The third-order valence-electron chi connectivity index (χ3n) is 5.60. The molecule has 0 bridgehead atoms. The summed E-state index contributed by atoms with van der Waals surface area (Å²) in [5, 5.41) is 9.13. The lowest BCUT2D eigenvalue weighted by molar-refractivity contribution is -0.135. The Morgan fingerprint density at radius 3 is 2.68 bits per heavy atom. The Morgan fingerprint density at radius 2 is 1.97 bits per heavy atom. The van der Waals surface area contributed by atoms with Gasteiger partial charge in [0.1, 0.15) is 24.2 Å². The second-order valence-electron chi connectivity index (χ2n) is 7.84. The molecule has 1 fully saturated rings. The van der Waals surface area contributed by atoms with Crippen LogP contribution in [0.3, 0.4) is 0 Å². The van der Waals surface area contributed by atoms with Gasteiger partial charge in [0, 0.05) is 32.6 Å². The number of piperidine rings is 1. The third-order valence-corrected chi connectivity index (χ3v) is 5.60. The lowest BCUT2D eigenvalue weighted by Crippen LogP contribution is -2.43. The molecule has 1 aromatic heterocycles. The Kier molecular flexibility index (Phi) is 7.71. The summed E-state index contributed by atoms with van der Waals surface area (Å²) in [7, 11) is 1.86. The summed E-state index contributed by atoms with van der Waals surface area (Å²) in [6.07, 6.45) is 3.41. The number of ether oxygens (including phenoxy) is 1. The van der Waals surface area contributed by atoms with E-state index in [0.29, 0.717) is 43.0 Å². The minimum absolute atomic E-state index is 0.0216. The zero-order valence-corrected chi connectivity index (χ0v) is 18.2. The largest absolute Gasteiger partial charge is 0.484 e. The first-order chi connectivity index (χ1) is 15.0. The molecule has 2 amide bonds. The van der Waals surface area contributed by atoms with Crippen molar-refractivity contribution in [2.75, 3.05) is 26.7 Å². The first-order valence-corrected chi connectivity index (χ1v) is 10.8. The predicted molar refractivity (Wildman–Crippen MR) is 115 cm³/mol. The minimum Gasteiger partial charge on any atom is -0.484 e. The zero-order chi connectivity index (χ0) is 22.2. The van der Waals surface area contributed by atoms with Gasteiger partial charge in [0.25, 0.3) is 5.91 Å². The fourth-order valence-corrected chi connectivity index (χ4v) is 3.71. The number of unbranched alkanes of at least 4 members (excludes halogenated alkanes) is 1. The number of likely N-dealkylation sites (tertiary alicyclic amines) is 1. The van der Waals surface area contributed by atoms with E-state index in [9.17, 15) is 9.59 Å². The number of carbonyl (C=O) groups excluding carboxylic acids is 2. The number of nitrogens with zero attached hydrogens (tertiary/aromatic N) is 3. The summed E-state index contributed by atoms with van der Waals surface area (Å²) >= 11 is 0. The predicted octanol–water partition coefficient (Wildman–Crippen LogP) is 3.84. The van der Waals surface area contributed by atoms with Gasteiger partial charge in [-0.3, -0.25) is 9.59 Å². The average Bonchev–Trinajstić information content (AvgIpc) is 3.29. The first kappa shape index (κ1) is 22.4. The average molecular weight is 424 g/mol. The lowest BCUT2D eigenvalue weighted by Gasteiger charge is -2.32. The molecule has 0 spiro atoms. The molecule has 1 saturated heterocycles. The molecule has 7 nitrogen and oxygen atoms in total. The van der Waals surface area contributed by atoms with E-state index in [-0.39, 0.29) is 30.1 Å². The number of carbonyl (C=O) groups is 2. The number of rotatable bonds is 8. The van der Waals surface area contributed by atoms with Crippen LogP contribution in [-0.2, 0) is 11.4 Å². The van der Waals surface area contributed by atoms with Crippen molar-refractivity contribution in [3.63, 3.8) is 0 Å². The van der Waals surface area contributed by atoms with Gasteiger partial charge in [-0.05, 0) is 43.5 Å². The Hall–Kier alpha value is -3.27. The molecule has 0 N–H and O–H groups in total. The highest BCUT2D eigenvalue weighted by atomic mass is 16.5. The molecule has 31 heavy (non-hydrogen) atoms. The molecule has 0 saturated carbocycles. The van der Waals surface area contributed by atoms with Gasteiger partial charge < -0.3 is 19.0 Å². The number of hydrogen-bond acceptors (Lipinski definition) is 5. The number of benzene rings is 1. The van der Waals surface area contributed by atoms with Crippen molar-refractivity contribution in [3.8, 4) is 11.8 Å². The van der Waals surface area contributed by atoms with Gasteiger partial charge in [-0.25, -0.2) is 0 Å². The van der Waals surface area contributed by atoms with Crippen LogP contribution >= 0.6 is 0 Å². The molecular weight excluding hydrogens is 394 g/mol. The van der Waals surface area contributed by atoms with Crippen molar-refractivity contribution in [1.29, 1.82) is 5.26 Å². The molecular formula is C24H29N3O4. The number of nitriles is 1. The van der Waals surface area contributed by atoms with E-state index in [1.807, 2.05) is 11.9 Å². The van der Waals surface area contributed by atoms with Crippen LogP contribution in [0, 0.1) is 17.2 Å². The van der Waals surface area contributed by atoms with Gasteiger partial charge in [0.2, 0.25) is 5.91 Å². The molecule has 1 aliphatic heterocycles. The van der Waals surface area contributed by atoms with Crippen LogP contribution in [0.1, 0.15) is 54.5 Å². The third kappa shape index (κ3) is 5.66. The van der Waals surface area contributed by atoms with Crippen molar-refractivity contribution >= 4 is 11.8 Å². The van der Waals surface area contributed by atoms with Crippen LogP contribution in [0.4, 0.5) is 0 Å². The standard InChI is InChI=1S/C24H29N3O4/c1-3-4-13-26(2)23(28)18-11-14-27(15-12-18)24(29)22-10-9-20(31-22)17-30-21-8-6-5-7-19(21)16-25/h5-10,18H,3-4,11-15,17H2,1-2H3. The van der Waals surface area contributed by atoms with E-state index < -0.39 is 0 Å². The summed E-state index contributed by atoms with van der Waals surface area (Å²) in [5.41, 5.74) is 0.447. The molecule has 0 aliphatic carbocycles. The van der Waals surface area contributed by atoms with Crippen molar-refractivity contribution in [2.45, 2.75) is 39.2 Å². The molecule has 1 aliphatic rings. The van der Waals surface area contributed by atoms with E-state index in [1.54, 1.807) is 41.3 Å². The highest BCUT2D eigenvalue weighted by Crippen LogP contribution is 2.23. The van der Waals surface area contributed by atoms with E-state index in [0.717, 1.165) is 19.4 Å². The topological polar surface area (TPSA) is 86.8 Å². The van der Waals surface area contributed by atoms with Crippen molar-refractivity contribution < 1.29 is 18.7 Å². The maximum atomic E-state index is 12.8. The molecule has 2 aromatic rings. The van der Waals surface area contributed by atoms with Crippen molar-refractivity contribution in [2.24, 2.45) is 5.92 Å². The smallest absolute Gasteiger partial charge is 0.289 e. The fraction of sp³-hybridized carbons (Fsp3) is 0.458. The molecule has 0 atom stereocenters. The maximum absolute atomic E-state index is 12.8. The number of para-hydroxylation sites is 1. The molecule has 1 aromatic carbocycles. The molecule has 2 heterocycles. The molecule has 7 heteroatoms. The summed E-state index contributed by atoms with van der Waals surface area (Å²) in [5.74, 6) is 1.23. The van der Waals surface area contributed by atoms with Crippen LogP contribution in [0.2, 0.25) is 0 Å². The van der Waals surface area contributed by atoms with Gasteiger partial charge in [0.05, 0.1) is 5.56 Å². The number of furan rings is 1. The summed E-state index contributed by atoms with van der Waals surface area (Å²) < 4.78 is 11.3. The van der Waals surface area contributed by atoms with Gasteiger partial charge in [-0.2, -0.15) is 5.26 Å². The van der Waals surface area contributed by atoms with Gasteiger partial charge >= 0.3 is 0 Å². The Bertz CT molecular complexity index is 938. The Balaban J connectivity index is 1.51. The molecule has 0 radical (unpaired) electrons. The van der Waals surface area contributed by atoms with Crippen LogP contribution in [-0.4, -0.2) is 48.3 Å². The van der Waals surface area contributed by atoms with Crippen LogP contribution < -0.4 is 4.74 Å². The normalized spacial score (nSPS) is 14.2. The molecule has 3 rings (SSSR count). The second kappa shape index (κ2) is 10.7. The fourth-order valence-electron chi connectivity index (χ4n) is 3.71. The lowest BCUT2D eigenvalue weighted by atomic mass is 9.95. The first-order valence-electron chi connectivity index (χ1n) is 10.8. The van der Waals surface area contributed by atoms with Crippen molar-refractivity contribution in [3.05, 3.63) is 53.5 Å². The van der Waals surface area contributed by atoms with E-state index in [1.165, 1.54) is 0 Å². The second-order valence-corrected chi connectivity index (χ2v) is 7.84. The van der Waals surface area contributed by atoms with Gasteiger partial charge in [-0.1, -0.05) is 25.5 Å². The quantitative estimate of drug-likeness (QED) is 0.644. The summed E-state index contributed by atoms with van der Waals surface area (Å²) in [6, 6.07) is 12.4. The highest BCUT2D eigenvalue weighted by molar-refractivity contribution is 5.91. The Labute approximate surface area is 183 Å². The van der Waals surface area contributed by atoms with Crippen LogP contribution in [0.15, 0.2) is 40.8 Å². The monoisotopic (exact) mass is 423 g/mol. The van der Waals surface area contributed by atoms with Gasteiger partial charge in [0.15, 0.2) is 5.76 Å². The minimum atomic E-state index is -0.172. The van der Waals surface area contributed by atoms with E-state index >= 15 is 0 Å². The number of amides is 2. The summed E-state index contributed by atoms with van der Waals surface area (Å²) in [6.45, 7) is 4.11. The highest BCUT2D eigenvalue weighted by Gasteiger charge is 2.30. The maximum Gasteiger partial charge on any atom is 0.289 e. The van der Waals surface area contributed by atoms with Crippen LogP contribution in [0.5, 0.6) is 5.75 Å². The molecule has 0 unspecified atom stereocenters. The molecule has 164 valence electrons. The van der Waals surface area contributed by atoms with E-state index in [2.05, 4.69) is 13.0 Å². The number of hydrogen-bond donors (Lipinski definition) is 0. The van der Waals surface area contributed by atoms with E-state index in [4.69, 9.17) is 14.4 Å². The zero-order valence-electron chi connectivity index (χ0n) is 18.2. The SMILES string of the molecule is CCCCN(C)C(=O)C1CCN(C(=O)c2ccc(COc3ccccc3C#N)o2)CC1. The summed E-state index contributed by atoms with van der Waals surface area (Å²) in [4.78, 5) is 28.9. The van der Waals surface area contributed by atoms with Gasteiger partial charge in [-0.15, -0.1) is 0 Å². The van der Waals surface area contributed by atoms with Crippen molar-refractivity contribution in [1.82, 2.24) is 9.80 Å². The van der Waals surface area contributed by atoms with Crippen LogP contribution in [0.25, 0.3) is 0 Å².